The lowest BCUT2D eigenvalue weighted by Gasteiger charge is -2.42. The van der Waals surface area contributed by atoms with Crippen molar-refractivity contribution >= 4 is 0 Å². The van der Waals surface area contributed by atoms with Crippen molar-refractivity contribution < 1.29 is 13.2 Å². The van der Waals surface area contributed by atoms with Gasteiger partial charge in [-0.3, -0.25) is 4.90 Å². The van der Waals surface area contributed by atoms with Gasteiger partial charge in [-0.2, -0.15) is 13.2 Å². The molecule has 118 valence electrons. The highest BCUT2D eigenvalue weighted by Crippen LogP contribution is 2.33. The van der Waals surface area contributed by atoms with E-state index in [2.05, 4.69) is 20.0 Å². The SMILES string of the molecule is CN1CCC(CN)(N2CCn3c(nnc3C(F)(F)F)C2)C1. The molecule has 0 aromatic carbocycles. The molecule has 1 fully saturated rings. The van der Waals surface area contributed by atoms with Gasteiger partial charge < -0.3 is 15.2 Å². The zero-order chi connectivity index (χ0) is 15.3. The van der Waals surface area contributed by atoms with Gasteiger partial charge >= 0.3 is 6.18 Å². The minimum atomic E-state index is -4.45. The van der Waals surface area contributed by atoms with Crippen LogP contribution in [-0.2, 0) is 19.3 Å². The lowest BCUT2D eigenvalue weighted by Crippen LogP contribution is -2.57. The number of fused-ring (bicyclic) bond motifs is 1. The smallest absolute Gasteiger partial charge is 0.329 e. The average molecular weight is 304 g/mol. The maximum absolute atomic E-state index is 12.8. The molecule has 2 N–H and O–H groups in total. The number of hydrogen-bond acceptors (Lipinski definition) is 5. The second-order valence-electron chi connectivity index (χ2n) is 5.93. The molecule has 0 aliphatic carbocycles. The fourth-order valence-corrected chi connectivity index (χ4v) is 3.39. The summed E-state index contributed by atoms with van der Waals surface area (Å²) in [4.78, 5) is 4.37. The monoisotopic (exact) mass is 304 g/mol. The molecule has 3 rings (SSSR count). The number of aromatic nitrogens is 3. The van der Waals surface area contributed by atoms with Crippen LogP contribution >= 0.6 is 0 Å². The number of rotatable bonds is 2. The Kier molecular flexibility index (Phi) is 3.45. The van der Waals surface area contributed by atoms with Crippen molar-refractivity contribution in [2.75, 3.05) is 33.2 Å². The van der Waals surface area contributed by atoms with E-state index in [-0.39, 0.29) is 12.1 Å². The molecule has 1 atom stereocenters. The summed E-state index contributed by atoms with van der Waals surface area (Å²) in [7, 11) is 2.03. The van der Waals surface area contributed by atoms with E-state index < -0.39 is 12.0 Å². The topological polar surface area (TPSA) is 63.2 Å². The number of likely N-dealkylation sites (N-methyl/N-ethyl adjacent to an activating group) is 1. The van der Waals surface area contributed by atoms with E-state index in [1.807, 2.05) is 7.05 Å². The quantitative estimate of drug-likeness (QED) is 0.842. The Labute approximate surface area is 120 Å². The summed E-state index contributed by atoms with van der Waals surface area (Å²) in [5.41, 5.74) is 5.80. The predicted octanol–water partition coefficient (Wildman–Crippen LogP) is 0.146. The minimum Gasteiger partial charge on any atom is -0.329 e. The van der Waals surface area contributed by atoms with E-state index in [1.165, 1.54) is 4.57 Å². The number of nitrogens with zero attached hydrogens (tertiary/aromatic N) is 5. The van der Waals surface area contributed by atoms with E-state index in [4.69, 9.17) is 5.73 Å². The zero-order valence-electron chi connectivity index (χ0n) is 11.9. The van der Waals surface area contributed by atoms with Crippen molar-refractivity contribution in [2.24, 2.45) is 5.73 Å². The van der Waals surface area contributed by atoms with Crippen LogP contribution in [0, 0.1) is 0 Å². The highest BCUT2D eigenvalue weighted by Gasteiger charge is 2.44. The molecule has 6 nitrogen and oxygen atoms in total. The largest absolute Gasteiger partial charge is 0.451 e. The van der Waals surface area contributed by atoms with Gasteiger partial charge in [0.1, 0.15) is 5.82 Å². The third-order valence-electron chi connectivity index (χ3n) is 4.58. The van der Waals surface area contributed by atoms with Gasteiger partial charge in [-0.15, -0.1) is 10.2 Å². The summed E-state index contributed by atoms with van der Waals surface area (Å²) >= 11 is 0. The Balaban J connectivity index is 1.84. The molecular weight excluding hydrogens is 285 g/mol. The molecule has 0 radical (unpaired) electrons. The molecule has 2 aliphatic heterocycles. The van der Waals surface area contributed by atoms with Gasteiger partial charge in [0, 0.05) is 31.7 Å². The molecule has 1 aromatic rings. The van der Waals surface area contributed by atoms with Crippen LogP contribution in [0.5, 0.6) is 0 Å². The van der Waals surface area contributed by atoms with Crippen LogP contribution in [0.4, 0.5) is 13.2 Å². The fraction of sp³-hybridized carbons (Fsp3) is 0.833. The van der Waals surface area contributed by atoms with E-state index in [1.54, 1.807) is 0 Å². The number of likely N-dealkylation sites (tertiary alicyclic amines) is 1. The molecule has 2 aliphatic rings. The van der Waals surface area contributed by atoms with Crippen molar-refractivity contribution in [3.8, 4) is 0 Å². The number of hydrogen-bond donors (Lipinski definition) is 1. The van der Waals surface area contributed by atoms with Gasteiger partial charge in [-0.1, -0.05) is 0 Å². The highest BCUT2D eigenvalue weighted by atomic mass is 19.4. The van der Waals surface area contributed by atoms with Gasteiger partial charge in [0.2, 0.25) is 5.82 Å². The average Bonchev–Trinajstić information content (AvgIpc) is 3.01. The molecular formula is C12H19F3N6. The first-order valence-corrected chi connectivity index (χ1v) is 6.99. The molecule has 1 unspecified atom stereocenters. The maximum Gasteiger partial charge on any atom is 0.451 e. The van der Waals surface area contributed by atoms with E-state index in [9.17, 15) is 13.2 Å². The molecule has 0 saturated carbocycles. The van der Waals surface area contributed by atoms with Gasteiger partial charge in [-0.05, 0) is 20.0 Å². The standard InChI is InChI=1S/C12H19F3N6/c1-19-3-2-11(7-16,8-19)20-4-5-21-9(6-20)17-18-10(21)12(13,14)15/h2-8,16H2,1H3. The number of halogens is 3. The number of alkyl halides is 3. The molecule has 21 heavy (non-hydrogen) atoms. The second kappa shape index (κ2) is 4.92. The summed E-state index contributed by atoms with van der Waals surface area (Å²) in [5.74, 6) is -0.529. The lowest BCUT2D eigenvalue weighted by atomic mass is 9.95. The van der Waals surface area contributed by atoms with Crippen LogP contribution in [0.3, 0.4) is 0 Å². The summed E-state index contributed by atoms with van der Waals surface area (Å²) in [5, 5.41) is 7.04. The van der Waals surface area contributed by atoms with E-state index in [0.29, 0.717) is 25.5 Å². The summed E-state index contributed by atoms with van der Waals surface area (Å²) in [6, 6.07) is 0. The predicted molar refractivity (Wildman–Crippen MR) is 69.3 cm³/mol. The molecule has 0 spiro atoms. The van der Waals surface area contributed by atoms with E-state index in [0.717, 1.165) is 19.5 Å². The van der Waals surface area contributed by atoms with Crippen LogP contribution in [0.25, 0.3) is 0 Å². The van der Waals surface area contributed by atoms with Gasteiger partial charge in [0.15, 0.2) is 0 Å². The third-order valence-corrected chi connectivity index (χ3v) is 4.58. The Bertz CT molecular complexity index is 528. The Hall–Kier alpha value is -1.19. The summed E-state index contributed by atoms with van der Waals surface area (Å²) in [6.07, 6.45) is -3.52. The summed E-state index contributed by atoms with van der Waals surface area (Å²) in [6.45, 7) is 3.45. The first kappa shape index (κ1) is 14.7. The van der Waals surface area contributed by atoms with Crippen molar-refractivity contribution in [2.45, 2.75) is 31.2 Å². The normalized spacial score (nSPS) is 28.0. The lowest BCUT2D eigenvalue weighted by molar-refractivity contribution is -0.148. The fourth-order valence-electron chi connectivity index (χ4n) is 3.39. The minimum absolute atomic E-state index is 0.162. The molecule has 1 aromatic heterocycles. The van der Waals surface area contributed by atoms with E-state index >= 15 is 0 Å². The second-order valence-corrected chi connectivity index (χ2v) is 5.93. The molecule has 3 heterocycles. The molecule has 9 heteroatoms. The van der Waals surface area contributed by atoms with Gasteiger partial charge in [0.05, 0.1) is 6.54 Å². The Morgan fingerprint density at radius 1 is 1.24 bits per heavy atom. The van der Waals surface area contributed by atoms with Crippen molar-refractivity contribution in [1.29, 1.82) is 0 Å². The highest BCUT2D eigenvalue weighted by molar-refractivity contribution is 5.07. The maximum atomic E-state index is 12.8. The number of nitrogens with two attached hydrogens (primary N) is 1. The Morgan fingerprint density at radius 2 is 2.00 bits per heavy atom. The summed E-state index contributed by atoms with van der Waals surface area (Å²) < 4.78 is 39.7. The van der Waals surface area contributed by atoms with Crippen LogP contribution in [-0.4, -0.2) is 63.3 Å². The Morgan fingerprint density at radius 3 is 2.57 bits per heavy atom. The first-order chi connectivity index (χ1) is 9.86. The molecule has 0 bridgehead atoms. The van der Waals surface area contributed by atoms with Crippen molar-refractivity contribution in [1.82, 2.24) is 24.6 Å². The first-order valence-electron chi connectivity index (χ1n) is 6.99. The van der Waals surface area contributed by atoms with Crippen molar-refractivity contribution in [3.05, 3.63) is 11.6 Å². The van der Waals surface area contributed by atoms with Crippen LogP contribution < -0.4 is 5.73 Å². The molecule has 0 amide bonds. The van der Waals surface area contributed by atoms with Crippen LogP contribution in [0.1, 0.15) is 18.1 Å². The van der Waals surface area contributed by atoms with Crippen LogP contribution in [0.2, 0.25) is 0 Å². The van der Waals surface area contributed by atoms with Crippen molar-refractivity contribution in [3.63, 3.8) is 0 Å². The van der Waals surface area contributed by atoms with Gasteiger partial charge in [-0.25, -0.2) is 0 Å². The third kappa shape index (κ3) is 2.43. The van der Waals surface area contributed by atoms with Crippen LogP contribution in [0.15, 0.2) is 0 Å². The molecule has 1 saturated heterocycles. The zero-order valence-corrected chi connectivity index (χ0v) is 11.9. The van der Waals surface area contributed by atoms with Gasteiger partial charge in [0.25, 0.3) is 0 Å².